The molecule has 2 N–H and O–H groups in total. The first-order valence-electron chi connectivity index (χ1n) is 7.98. The molecular formula is C18H30N2. The summed E-state index contributed by atoms with van der Waals surface area (Å²) < 4.78 is 0. The van der Waals surface area contributed by atoms with E-state index >= 15 is 0 Å². The molecule has 0 heterocycles. The van der Waals surface area contributed by atoms with Crippen LogP contribution in [-0.2, 0) is 13.0 Å². The van der Waals surface area contributed by atoms with Crippen molar-refractivity contribution in [3.05, 3.63) is 35.4 Å². The van der Waals surface area contributed by atoms with Gasteiger partial charge in [0.2, 0.25) is 0 Å². The Bertz CT molecular complexity index is 398. The van der Waals surface area contributed by atoms with Crippen LogP contribution in [0.4, 0.5) is 0 Å². The third-order valence-corrected chi connectivity index (χ3v) is 4.82. The average Bonchev–Trinajstić information content (AvgIpc) is 2.41. The van der Waals surface area contributed by atoms with Crippen molar-refractivity contribution >= 4 is 0 Å². The Hall–Kier alpha value is -0.860. The molecule has 2 nitrogen and oxygen atoms in total. The highest BCUT2D eigenvalue weighted by Crippen LogP contribution is 2.36. The molecule has 1 aromatic rings. The van der Waals surface area contributed by atoms with Crippen LogP contribution >= 0.6 is 0 Å². The van der Waals surface area contributed by atoms with Gasteiger partial charge in [-0.3, -0.25) is 4.90 Å². The van der Waals surface area contributed by atoms with Crippen LogP contribution in [-0.4, -0.2) is 24.5 Å². The summed E-state index contributed by atoms with van der Waals surface area (Å²) in [5.74, 6) is 0. The van der Waals surface area contributed by atoms with Crippen LogP contribution in [0.25, 0.3) is 0 Å². The van der Waals surface area contributed by atoms with Gasteiger partial charge >= 0.3 is 0 Å². The van der Waals surface area contributed by atoms with Crippen molar-refractivity contribution in [2.45, 2.75) is 58.5 Å². The predicted octanol–water partition coefficient (Wildman–Crippen LogP) is 3.59. The zero-order chi connectivity index (χ0) is 14.6. The minimum atomic E-state index is 0.557. The third-order valence-electron chi connectivity index (χ3n) is 4.82. The Labute approximate surface area is 124 Å². The molecule has 1 aliphatic carbocycles. The van der Waals surface area contributed by atoms with Crippen LogP contribution in [0.2, 0.25) is 0 Å². The fourth-order valence-corrected chi connectivity index (χ4v) is 3.22. The minimum absolute atomic E-state index is 0.557. The summed E-state index contributed by atoms with van der Waals surface area (Å²) in [7, 11) is 2.27. The first-order valence-corrected chi connectivity index (χ1v) is 7.98. The fourth-order valence-electron chi connectivity index (χ4n) is 3.22. The van der Waals surface area contributed by atoms with Gasteiger partial charge in [-0.25, -0.2) is 0 Å². The standard InChI is InChI=1S/C18H30N2/c1-18(2)11-8-17(9-12-18)20(3)14-16-6-4-15(5-7-16)10-13-19/h4-7,17H,8-14,19H2,1-3H3. The van der Waals surface area contributed by atoms with Crippen molar-refractivity contribution in [1.82, 2.24) is 4.90 Å². The van der Waals surface area contributed by atoms with E-state index in [9.17, 15) is 0 Å². The van der Waals surface area contributed by atoms with Crippen LogP contribution in [0.3, 0.4) is 0 Å². The van der Waals surface area contributed by atoms with Gasteiger partial charge in [0, 0.05) is 12.6 Å². The van der Waals surface area contributed by atoms with Crippen LogP contribution < -0.4 is 5.73 Å². The maximum atomic E-state index is 5.59. The van der Waals surface area contributed by atoms with E-state index in [0.29, 0.717) is 5.41 Å². The van der Waals surface area contributed by atoms with Gasteiger partial charge in [-0.1, -0.05) is 38.1 Å². The number of hydrogen-bond donors (Lipinski definition) is 1. The molecule has 0 atom stereocenters. The second-order valence-electron chi connectivity index (χ2n) is 7.17. The number of rotatable bonds is 5. The topological polar surface area (TPSA) is 29.3 Å². The van der Waals surface area contributed by atoms with Crippen LogP contribution in [0.5, 0.6) is 0 Å². The van der Waals surface area contributed by atoms with E-state index in [0.717, 1.165) is 25.6 Å². The second-order valence-corrected chi connectivity index (χ2v) is 7.17. The van der Waals surface area contributed by atoms with Gasteiger partial charge in [0.05, 0.1) is 0 Å². The number of benzene rings is 1. The van der Waals surface area contributed by atoms with E-state index in [1.807, 2.05) is 0 Å². The number of hydrogen-bond acceptors (Lipinski definition) is 2. The van der Waals surface area contributed by atoms with E-state index in [1.54, 1.807) is 0 Å². The first-order chi connectivity index (χ1) is 9.50. The quantitative estimate of drug-likeness (QED) is 0.889. The maximum absolute atomic E-state index is 5.59. The molecule has 1 saturated carbocycles. The molecule has 0 unspecified atom stereocenters. The maximum Gasteiger partial charge on any atom is 0.0233 e. The molecule has 1 fully saturated rings. The molecule has 1 aromatic carbocycles. The first kappa shape index (κ1) is 15.5. The summed E-state index contributed by atoms with van der Waals surface area (Å²) in [4.78, 5) is 2.53. The van der Waals surface area contributed by atoms with Gasteiger partial charge < -0.3 is 5.73 Å². The summed E-state index contributed by atoms with van der Waals surface area (Å²) in [6.45, 7) is 6.60. The van der Waals surface area contributed by atoms with Crippen molar-refractivity contribution in [3.63, 3.8) is 0 Å². The van der Waals surface area contributed by atoms with Gasteiger partial charge in [-0.2, -0.15) is 0 Å². The Kier molecular flexibility index (Phi) is 5.22. The second kappa shape index (κ2) is 6.73. The lowest BCUT2D eigenvalue weighted by Gasteiger charge is -2.38. The van der Waals surface area contributed by atoms with Gasteiger partial charge in [-0.05, 0) is 62.2 Å². The zero-order valence-electron chi connectivity index (χ0n) is 13.4. The summed E-state index contributed by atoms with van der Waals surface area (Å²) in [5.41, 5.74) is 8.91. The summed E-state index contributed by atoms with van der Waals surface area (Å²) in [5, 5.41) is 0. The van der Waals surface area contributed by atoms with E-state index in [1.165, 1.54) is 36.8 Å². The largest absolute Gasteiger partial charge is 0.330 e. The SMILES string of the molecule is CN(Cc1ccc(CCN)cc1)C1CCC(C)(C)CC1. The molecule has 0 aliphatic heterocycles. The smallest absolute Gasteiger partial charge is 0.0233 e. The van der Waals surface area contributed by atoms with Crippen molar-refractivity contribution in [2.75, 3.05) is 13.6 Å². The summed E-state index contributed by atoms with van der Waals surface area (Å²) in [6, 6.07) is 9.72. The molecule has 2 rings (SSSR count). The normalized spacial score (nSPS) is 19.4. The highest BCUT2D eigenvalue weighted by Gasteiger charge is 2.28. The highest BCUT2D eigenvalue weighted by molar-refractivity contribution is 5.22. The monoisotopic (exact) mass is 274 g/mol. The molecule has 0 aromatic heterocycles. The van der Waals surface area contributed by atoms with Crippen LogP contribution in [0.15, 0.2) is 24.3 Å². The Morgan fingerprint density at radius 2 is 1.65 bits per heavy atom. The Balaban J connectivity index is 1.86. The highest BCUT2D eigenvalue weighted by atomic mass is 15.1. The summed E-state index contributed by atoms with van der Waals surface area (Å²) >= 11 is 0. The van der Waals surface area contributed by atoms with Crippen molar-refractivity contribution in [3.8, 4) is 0 Å². The molecule has 20 heavy (non-hydrogen) atoms. The lowest BCUT2D eigenvalue weighted by atomic mass is 9.75. The Morgan fingerprint density at radius 1 is 1.10 bits per heavy atom. The minimum Gasteiger partial charge on any atom is -0.330 e. The lowest BCUT2D eigenvalue weighted by molar-refractivity contribution is 0.123. The van der Waals surface area contributed by atoms with Crippen LogP contribution in [0, 0.1) is 5.41 Å². The third kappa shape index (κ3) is 4.32. The molecule has 0 bridgehead atoms. The van der Waals surface area contributed by atoms with Crippen LogP contribution in [0.1, 0.15) is 50.7 Å². The molecule has 1 aliphatic rings. The van der Waals surface area contributed by atoms with E-state index in [4.69, 9.17) is 5.73 Å². The van der Waals surface area contributed by atoms with Crippen molar-refractivity contribution in [2.24, 2.45) is 11.1 Å². The fraction of sp³-hybridized carbons (Fsp3) is 0.667. The van der Waals surface area contributed by atoms with E-state index in [2.05, 4.69) is 50.1 Å². The molecular weight excluding hydrogens is 244 g/mol. The average molecular weight is 274 g/mol. The van der Waals surface area contributed by atoms with Crippen molar-refractivity contribution < 1.29 is 0 Å². The molecule has 0 spiro atoms. The molecule has 0 saturated heterocycles. The zero-order valence-corrected chi connectivity index (χ0v) is 13.4. The number of nitrogens with zero attached hydrogens (tertiary/aromatic N) is 1. The van der Waals surface area contributed by atoms with Gasteiger partial charge in [-0.15, -0.1) is 0 Å². The van der Waals surface area contributed by atoms with Gasteiger partial charge in [0.1, 0.15) is 0 Å². The van der Waals surface area contributed by atoms with Gasteiger partial charge in [0.25, 0.3) is 0 Å². The molecule has 0 amide bonds. The lowest BCUT2D eigenvalue weighted by Crippen LogP contribution is -2.36. The Morgan fingerprint density at radius 3 is 2.20 bits per heavy atom. The van der Waals surface area contributed by atoms with E-state index in [-0.39, 0.29) is 0 Å². The van der Waals surface area contributed by atoms with E-state index < -0.39 is 0 Å². The molecule has 0 radical (unpaired) electrons. The molecule has 2 heteroatoms. The molecule has 112 valence electrons. The van der Waals surface area contributed by atoms with Crippen molar-refractivity contribution in [1.29, 1.82) is 0 Å². The van der Waals surface area contributed by atoms with Gasteiger partial charge in [0.15, 0.2) is 0 Å². The predicted molar refractivity (Wildman–Crippen MR) is 86.7 cm³/mol. The summed E-state index contributed by atoms with van der Waals surface area (Å²) in [6.07, 6.45) is 6.38. The number of nitrogens with two attached hydrogens (primary N) is 1.